The van der Waals surface area contributed by atoms with Gasteiger partial charge in [0.25, 0.3) is 0 Å². The van der Waals surface area contributed by atoms with Gasteiger partial charge in [-0.1, -0.05) is 44.0 Å². The highest BCUT2D eigenvalue weighted by molar-refractivity contribution is 9.10. The number of hydrogen-bond acceptors (Lipinski definition) is 1. The maximum Gasteiger partial charge on any atom is 0.226 e. The van der Waals surface area contributed by atoms with E-state index in [1.54, 1.807) is 0 Å². The van der Waals surface area contributed by atoms with Crippen LogP contribution >= 0.6 is 31.9 Å². The number of rotatable bonds is 6. The van der Waals surface area contributed by atoms with E-state index in [1.165, 1.54) is 0 Å². The van der Waals surface area contributed by atoms with Gasteiger partial charge in [-0.3, -0.25) is 4.79 Å². The van der Waals surface area contributed by atoms with Crippen LogP contribution in [-0.2, 0) is 11.2 Å². The van der Waals surface area contributed by atoms with Crippen LogP contribution in [-0.4, -0.2) is 29.2 Å². The summed E-state index contributed by atoms with van der Waals surface area (Å²) in [5.41, 5.74) is 1.06. The summed E-state index contributed by atoms with van der Waals surface area (Å²) < 4.78 is 1.02. The molecule has 0 radical (unpaired) electrons. The lowest BCUT2D eigenvalue weighted by atomic mass is 10.1. The first-order chi connectivity index (χ1) is 8.17. The highest BCUT2D eigenvalue weighted by atomic mass is 79.9. The average molecular weight is 363 g/mol. The Morgan fingerprint density at radius 3 is 2.76 bits per heavy atom. The van der Waals surface area contributed by atoms with E-state index in [2.05, 4.69) is 31.9 Å². The molecule has 1 aromatic rings. The molecule has 1 aromatic carbocycles. The first-order valence-electron chi connectivity index (χ1n) is 5.75. The van der Waals surface area contributed by atoms with E-state index >= 15 is 0 Å². The Morgan fingerprint density at radius 1 is 1.41 bits per heavy atom. The zero-order chi connectivity index (χ0) is 12.7. The van der Waals surface area contributed by atoms with Crippen molar-refractivity contribution >= 4 is 37.8 Å². The van der Waals surface area contributed by atoms with Crippen molar-refractivity contribution in [1.29, 1.82) is 0 Å². The second-order valence-electron chi connectivity index (χ2n) is 3.82. The minimum Gasteiger partial charge on any atom is -0.343 e. The molecule has 0 fully saturated rings. The molecule has 0 aromatic heterocycles. The molecular weight excluding hydrogens is 346 g/mol. The monoisotopic (exact) mass is 361 g/mol. The molecule has 2 nitrogen and oxygen atoms in total. The zero-order valence-electron chi connectivity index (χ0n) is 9.96. The molecule has 0 aliphatic carbocycles. The Balaban J connectivity index is 2.57. The number of alkyl halides is 1. The minimum atomic E-state index is 0.201. The smallest absolute Gasteiger partial charge is 0.226 e. The lowest BCUT2D eigenvalue weighted by molar-refractivity contribution is -0.130. The first-order valence-corrected chi connectivity index (χ1v) is 7.67. The van der Waals surface area contributed by atoms with Crippen molar-refractivity contribution in [2.24, 2.45) is 0 Å². The second-order valence-corrected chi connectivity index (χ2v) is 5.53. The molecule has 1 amide bonds. The predicted molar refractivity (Wildman–Crippen MR) is 78.5 cm³/mol. The second kappa shape index (κ2) is 7.88. The fourth-order valence-electron chi connectivity index (χ4n) is 1.64. The van der Waals surface area contributed by atoms with Crippen LogP contribution in [0.1, 0.15) is 18.9 Å². The Kier molecular flexibility index (Phi) is 6.82. The molecule has 0 unspecified atom stereocenters. The number of halogens is 2. The number of benzene rings is 1. The van der Waals surface area contributed by atoms with Crippen molar-refractivity contribution in [3.05, 3.63) is 34.3 Å². The van der Waals surface area contributed by atoms with E-state index in [4.69, 9.17) is 0 Å². The van der Waals surface area contributed by atoms with Gasteiger partial charge in [0, 0.05) is 22.9 Å². The Hall–Kier alpha value is -0.350. The van der Waals surface area contributed by atoms with Gasteiger partial charge in [0.05, 0.1) is 6.42 Å². The molecule has 0 spiro atoms. The van der Waals surface area contributed by atoms with Crippen LogP contribution in [0.4, 0.5) is 0 Å². The van der Waals surface area contributed by atoms with E-state index in [1.807, 2.05) is 36.1 Å². The SMILES string of the molecule is CCN(CCCBr)C(=O)Cc1cccc(Br)c1. The highest BCUT2D eigenvalue weighted by Crippen LogP contribution is 2.13. The van der Waals surface area contributed by atoms with Crippen molar-refractivity contribution in [2.75, 3.05) is 18.4 Å². The molecule has 0 atom stereocenters. The third-order valence-corrected chi connectivity index (χ3v) is 3.59. The van der Waals surface area contributed by atoms with Gasteiger partial charge in [0.2, 0.25) is 5.91 Å². The van der Waals surface area contributed by atoms with Gasteiger partial charge in [0.15, 0.2) is 0 Å². The summed E-state index contributed by atoms with van der Waals surface area (Å²) in [5, 5.41) is 0.938. The molecule has 1 rings (SSSR count). The van der Waals surface area contributed by atoms with Gasteiger partial charge in [-0.05, 0) is 31.0 Å². The summed E-state index contributed by atoms with van der Waals surface area (Å²) in [7, 11) is 0. The number of carbonyl (C=O) groups is 1. The van der Waals surface area contributed by atoms with Gasteiger partial charge in [-0.25, -0.2) is 0 Å². The molecule has 0 heterocycles. The van der Waals surface area contributed by atoms with Crippen LogP contribution in [0, 0.1) is 0 Å². The van der Waals surface area contributed by atoms with Crippen LogP contribution in [0.2, 0.25) is 0 Å². The van der Waals surface area contributed by atoms with E-state index in [0.717, 1.165) is 34.9 Å². The van der Waals surface area contributed by atoms with Gasteiger partial charge in [0.1, 0.15) is 0 Å². The first kappa shape index (κ1) is 14.7. The number of amides is 1. The van der Waals surface area contributed by atoms with E-state index in [-0.39, 0.29) is 5.91 Å². The molecule has 0 aliphatic heterocycles. The third-order valence-electron chi connectivity index (χ3n) is 2.54. The van der Waals surface area contributed by atoms with Crippen molar-refractivity contribution in [1.82, 2.24) is 4.90 Å². The normalized spacial score (nSPS) is 10.3. The third kappa shape index (κ3) is 5.21. The van der Waals surface area contributed by atoms with Crippen LogP contribution in [0.3, 0.4) is 0 Å². The van der Waals surface area contributed by atoms with Gasteiger partial charge >= 0.3 is 0 Å². The number of carbonyl (C=O) groups excluding carboxylic acids is 1. The summed E-state index contributed by atoms with van der Waals surface area (Å²) in [5.74, 6) is 0.201. The molecule has 0 bridgehead atoms. The summed E-state index contributed by atoms with van der Waals surface area (Å²) >= 11 is 6.81. The summed E-state index contributed by atoms with van der Waals surface area (Å²) in [4.78, 5) is 14.0. The van der Waals surface area contributed by atoms with Crippen molar-refractivity contribution in [3.8, 4) is 0 Å². The molecule has 17 heavy (non-hydrogen) atoms. The van der Waals surface area contributed by atoms with E-state index in [0.29, 0.717) is 6.42 Å². The molecule has 0 saturated heterocycles. The lowest BCUT2D eigenvalue weighted by Gasteiger charge is -2.20. The molecule has 94 valence electrons. The average Bonchev–Trinajstić information content (AvgIpc) is 2.30. The molecule has 0 saturated carbocycles. The van der Waals surface area contributed by atoms with Crippen molar-refractivity contribution in [3.63, 3.8) is 0 Å². The maximum absolute atomic E-state index is 12.1. The van der Waals surface area contributed by atoms with Gasteiger partial charge in [-0.2, -0.15) is 0 Å². The molecule has 0 N–H and O–H groups in total. The molecule has 4 heteroatoms. The van der Waals surface area contributed by atoms with Gasteiger partial charge < -0.3 is 4.90 Å². The Morgan fingerprint density at radius 2 is 2.18 bits per heavy atom. The van der Waals surface area contributed by atoms with Crippen molar-refractivity contribution < 1.29 is 4.79 Å². The fourth-order valence-corrected chi connectivity index (χ4v) is 2.34. The standard InChI is InChI=1S/C13H17Br2NO/c1-2-16(8-4-7-14)13(17)10-11-5-3-6-12(15)9-11/h3,5-6,9H,2,4,7-8,10H2,1H3. The molecule has 0 aliphatic rings. The van der Waals surface area contributed by atoms with E-state index in [9.17, 15) is 4.79 Å². The van der Waals surface area contributed by atoms with Crippen LogP contribution in [0.5, 0.6) is 0 Å². The topological polar surface area (TPSA) is 20.3 Å². The summed E-state index contributed by atoms with van der Waals surface area (Å²) in [6.07, 6.45) is 1.48. The summed E-state index contributed by atoms with van der Waals surface area (Å²) in [6, 6.07) is 7.91. The van der Waals surface area contributed by atoms with Gasteiger partial charge in [-0.15, -0.1) is 0 Å². The van der Waals surface area contributed by atoms with Crippen molar-refractivity contribution in [2.45, 2.75) is 19.8 Å². The predicted octanol–water partition coefficient (Wildman–Crippen LogP) is 3.63. The zero-order valence-corrected chi connectivity index (χ0v) is 13.1. The lowest BCUT2D eigenvalue weighted by Crippen LogP contribution is -2.33. The Bertz CT molecular complexity index is 368. The van der Waals surface area contributed by atoms with E-state index < -0.39 is 0 Å². The summed E-state index contributed by atoms with van der Waals surface area (Å²) in [6.45, 7) is 3.63. The maximum atomic E-state index is 12.1. The number of likely N-dealkylation sites (N-methyl/N-ethyl adjacent to an activating group) is 1. The Labute approximate surface area is 120 Å². The quantitative estimate of drug-likeness (QED) is 0.707. The number of nitrogens with zero attached hydrogens (tertiary/aromatic N) is 1. The van der Waals surface area contributed by atoms with Crippen LogP contribution < -0.4 is 0 Å². The minimum absolute atomic E-state index is 0.201. The highest BCUT2D eigenvalue weighted by Gasteiger charge is 2.11. The fraction of sp³-hybridized carbons (Fsp3) is 0.462. The molecular formula is C13H17Br2NO. The van der Waals surface area contributed by atoms with Crippen LogP contribution in [0.25, 0.3) is 0 Å². The largest absolute Gasteiger partial charge is 0.343 e. The number of hydrogen-bond donors (Lipinski definition) is 0. The van der Waals surface area contributed by atoms with Crippen LogP contribution in [0.15, 0.2) is 28.7 Å².